The molecule has 4 fully saturated rings. The molecule has 0 saturated carbocycles. The molecule has 0 aliphatic carbocycles. The minimum Gasteiger partial charge on any atom is -0.486 e. The molecule has 2 amide bonds. The zero-order valence-electron chi connectivity index (χ0n) is 47.2. The average Bonchev–Trinajstić information content (AvgIpc) is 3.49. The second-order valence-electron chi connectivity index (χ2n) is 21.8. The second kappa shape index (κ2) is 25.2. The van der Waals surface area contributed by atoms with Gasteiger partial charge in [0.1, 0.15) is 42.0 Å². The number of piperazine rings is 1. The highest BCUT2D eigenvalue weighted by atomic mass is 35.5. The fraction of sp³-hybridized carbons (Fsp3) is 0.433. The number of hydrazine groups is 1. The van der Waals surface area contributed by atoms with Crippen LogP contribution in [0.25, 0.3) is 49.1 Å². The summed E-state index contributed by atoms with van der Waals surface area (Å²) in [5, 5.41) is 23.5. The van der Waals surface area contributed by atoms with Crippen molar-refractivity contribution in [2.24, 2.45) is 17.5 Å². The van der Waals surface area contributed by atoms with Gasteiger partial charge in [-0.2, -0.15) is 15.1 Å². The van der Waals surface area contributed by atoms with E-state index in [2.05, 4.69) is 56.7 Å². The molecule has 82 heavy (non-hydrogen) atoms. The molecule has 0 spiro atoms. The molecule has 8 heterocycles. The predicted octanol–water partition coefficient (Wildman–Crippen LogP) is 8.55. The van der Waals surface area contributed by atoms with Gasteiger partial charge in [-0.25, -0.2) is 15.2 Å². The smallest absolute Gasteiger partial charge is 0.319 e. The van der Waals surface area contributed by atoms with Gasteiger partial charge in [-0.3, -0.25) is 14.7 Å². The summed E-state index contributed by atoms with van der Waals surface area (Å²) in [5.41, 5.74) is 16.0. The summed E-state index contributed by atoms with van der Waals surface area (Å²) in [6.07, 6.45) is 7.88. The Morgan fingerprint density at radius 2 is 1.80 bits per heavy atom. The number of nitrogens with zero attached hydrogens (tertiary/aromatic N) is 7. The Hall–Kier alpha value is -7.14. The Morgan fingerprint density at radius 3 is 2.49 bits per heavy atom. The number of anilines is 1. The van der Waals surface area contributed by atoms with Crippen LogP contribution >= 0.6 is 22.9 Å². The number of hydrogen-bond acceptors (Lipinski definition) is 17. The van der Waals surface area contributed by atoms with E-state index >= 15 is 4.39 Å². The molecule has 19 nitrogen and oxygen atoms in total. The molecule has 3 aromatic heterocycles. The molecule has 7 aromatic rings. The lowest BCUT2D eigenvalue weighted by Crippen LogP contribution is -2.57. The number of benzene rings is 4. The first-order valence-electron chi connectivity index (χ1n) is 28.0. The summed E-state index contributed by atoms with van der Waals surface area (Å²) in [6, 6.07) is 17.3. The lowest BCUT2D eigenvalue weighted by atomic mass is 9.93. The van der Waals surface area contributed by atoms with Gasteiger partial charge < -0.3 is 55.2 Å². The first-order valence-corrected chi connectivity index (χ1v) is 29.2. The van der Waals surface area contributed by atoms with Crippen LogP contribution in [0.15, 0.2) is 72.5 Å². The lowest BCUT2D eigenvalue weighted by molar-refractivity contribution is -0.138. The van der Waals surface area contributed by atoms with E-state index in [4.69, 9.17) is 57.2 Å². The van der Waals surface area contributed by atoms with Crippen molar-refractivity contribution >= 4 is 68.6 Å². The quantitative estimate of drug-likeness (QED) is 0.0320. The largest absolute Gasteiger partial charge is 0.486 e. The number of nitrogens with two attached hydrogens (primary N) is 2. The van der Waals surface area contributed by atoms with Crippen LogP contribution in [0.2, 0.25) is 5.02 Å². The molecule has 4 saturated heterocycles. The van der Waals surface area contributed by atoms with Crippen molar-refractivity contribution in [1.29, 1.82) is 0 Å². The molecule has 8 N–H and O–H groups in total. The predicted molar refractivity (Wildman–Crippen MR) is 317 cm³/mol. The number of H-pyrrole nitrogens is 1. The van der Waals surface area contributed by atoms with Gasteiger partial charge in [0.05, 0.1) is 63.2 Å². The molecular formula is C60H72ClFN12O7S. The summed E-state index contributed by atoms with van der Waals surface area (Å²) in [7, 11) is 1.00. The van der Waals surface area contributed by atoms with Gasteiger partial charge in [0.2, 0.25) is 12.3 Å². The molecule has 4 aromatic carbocycles. The van der Waals surface area contributed by atoms with Crippen LogP contribution in [0, 0.1) is 25.6 Å². The third kappa shape index (κ3) is 11.5. The highest BCUT2D eigenvalue weighted by molar-refractivity contribution is 7.13. The third-order valence-corrected chi connectivity index (χ3v) is 17.6. The molecule has 4 unspecified atom stereocenters. The van der Waals surface area contributed by atoms with Crippen molar-refractivity contribution in [2.75, 3.05) is 38.3 Å². The number of aryl methyl sites for hydroxylation is 1. The van der Waals surface area contributed by atoms with E-state index in [1.165, 1.54) is 21.5 Å². The summed E-state index contributed by atoms with van der Waals surface area (Å²) >= 11 is 9.28. The highest BCUT2D eigenvalue weighted by Crippen LogP contribution is 2.56. The van der Waals surface area contributed by atoms with E-state index in [0.29, 0.717) is 101 Å². The Balaban J connectivity index is 0.000000358. The number of ether oxygens (including phenoxy) is 4. The molecule has 434 valence electrons. The molecule has 5 aliphatic heterocycles. The number of amides is 2. The number of carbonyl (C=O) groups excluding carboxylic acids is 2. The van der Waals surface area contributed by atoms with Gasteiger partial charge in [-0.1, -0.05) is 74.0 Å². The minimum atomic E-state index is -0.563. The van der Waals surface area contributed by atoms with Crippen LogP contribution in [0.4, 0.5) is 10.2 Å². The van der Waals surface area contributed by atoms with E-state index in [1.54, 1.807) is 30.7 Å². The van der Waals surface area contributed by atoms with Gasteiger partial charge in [0, 0.05) is 80.4 Å². The molecule has 2 bridgehead atoms. The number of thiazole rings is 1. The van der Waals surface area contributed by atoms with Gasteiger partial charge in [-0.15, -0.1) is 11.3 Å². The van der Waals surface area contributed by atoms with Crippen molar-refractivity contribution in [3.8, 4) is 39.1 Å². The Morgan fingerprint density at radius 1 is 1.06 bits per heavy atom. The SMILES string of the molecule is CO.Cc1c(F)cc2[nH]ncc2c1-c1c(Cl)c2c3c(nc(OC4CCOCC4)nc3c1OCc1ccc(/C(N)=C/N(N)C(C(=O)N3CCCC3C)C(C)C)cc1)N1C3CN[C@@H](C3)C1[C@H](C)O2.Cc1ncsc1-c1ccc(CNC=O)cc1. The maximum atomic E-state index is 16.0. The van der Waals surface area contributed by atoms with Crippen molar-refractivity contribution in [1.82, 2.24) is 45.7 Å². The summed E-state index contributed by atoms with van der Waals surface area (Å²) in [4.78, 5) is 43.8. The van der Waals surface area contributed by atoms with Crippen LogP contribution in [0.1, 0.15) is 87.7 Å². The number of aromatic amines is 1. The average molecular weight is 1160 g/mol. The normalized spacial score (nSPS) is 20.6. The number of hydrogen-bond donors (Lipinski definition) is 6. The Kier molecular flexibility index (Phi) is 17.8. The molecule has 5 aliphatic rings. The number of aromatic nitrogens is 5. The van der Waals surface area contributed by atoms with Gasteiger partial charge >= 0.3 is 6.01 Å². The van der Waals surface area contributed by atoms with Crippen molar-refractivity contribution < 1.29 is 38.0 Å². The number of fused-ring (bicyclic) bond motifs is 7. The number of aliphatic hydroxyl groups is 1. The number of rotatable bonds is 15. The first-order chi connectivity index (χ1) is 39.7. The van der Waals surface area contributed by atoms with Crippen LogP contribution in [0.3, 0.4) is 0 Å². The summed E-state index contributed by atoms with van der Waals surface area (Å²) < 4.78 is 42.1. The highest BCUT2D eigenvalue weighted by Gasteiger charge is 2.52. The standard InChI is InChI=1S/C47H56ClFN10O5.C12H12N2OS.CH4O/c1-23(2)41(46(60)57-14-6-7-24(57)3)58(51)21-33(50)28-10-8-27(9-11-28)22-62-44-37(36-25(4)32(49)18-34-31(36)20-53-56-34)39(48)43-38-40(44)54-47(64-30-12-15-61-16-13-30)55-45(38)59-29-17-35(52-19-29)42(59)26(5)63-43;1-9-12(16-8-14-9)11-4-2-10(3-5-11)6-13-7-15;1-2/h8-11,18,20-21,23-24,26,29-30,35,41-42,52H,6-7,12-17,19,22,50-51H2,1-5H3,(H,53,56);2-5,7-8H,6H2,1H3,(H,13,15);2H,1H3/b33-21-;;/t24?,26-,29?,35-,41?,42?;;/m0../s1. The summed E-state index contributed by atoms with van der Waals surface area (Å²) in [6.45, 7) is 15.2. The van der Waals surface area contributed by atoms with Gasteiger partial charge in [0.25, 0.3) is 0 Å². The van der Waals surface area contributed by atoms with Crippen molar-refractivity contribution in [3.63, 3.8) is 0 Å². The van der Waals surface area contributed by atoms with Crippen molar-refractivity contribution in [2.45, 2.75) is 129 Å². The monoisotopic (exact) mass is 1160 g/mol. The Labute approximate surface area is 485 Å². The zero-order chi connectivity index (χ0) is 57.9. The molecule has 6 atom stereocenters. The molecular weight excluding hydrogens is 1090 g/mol. The van der Waals surface area contributed by atoms with E-state index in [1.807, 2.05) is 67.6 Å². The fourth-order valence-corrected chi connectivity index (χ4v) is 13.3. The van der Waals surface area contributed by atoms with E-state index in [-0.39, 0.29) is 65.8 Å². The zero-order valence-corrected chi connectivity index (χ0v) is 48.8. The van der Waals surface area contributed by atoms with E-state index < -0.39 is 11.9 Å². The number of aliphatic hydroxyl groups excluding tert-OH is 1. The van der Waals surface area contributed by atoms with Crippen LogP contribution in [-0.2, 0) is 27.5 Å². The maximum absolute atomic E-state index is 16.0. The maximum Gasteiger partial charge on any atom is 0.319 e. The summed E-state index contributed by atoms with van der Waals surface area (Å²) in [5.74, 6) is 7.51. The number of nitrogens with one attached hydrogen (secondary N) is 3. The molecule has 22 heteroatoms. The van der Waals surface area contributed by atoms with Gasteiger partial charge in [0.15, 0.2) is 11.5 Å². The number of likely N-dealkylation sites (tertiary alicyclic amines) is 1. The molecule has 0 radical (unpaired) electrons. The number of carbonyl (C=O) groups is 2. The van der Waals surface area contributed by atoms with Crippen LogP contribution < -0.4 is 41.3 Å². The van der Waals surface area contributed by atoms with Gasteiger partial charge in [-0.05, 0) is 86.8 Å². The Bertz CT molecular complexity index is 3450. The van der Waals surface area contributed by atoms with Crippen molar-refractivity contribution in [3.05, 3.63) is 111 Å². The van der Waals surface area contributed by atoms with Crippen LogP contribution in [-0.4, -0.2) is 128 Å². The second-order valence-corrected chi connectivity index (χ2v) is 23.1. The lowest BCUT2D eigenvalue weighted by Gasteiger charge is -2.38. The minimum absolute atomic E-state index is 0.00727. The molecule has 12 rings (SSSR count). The van der Waals surface area contributed by atoms with E-state index in [0.717, 1.165) is 61.8 Å². The topological polar surface area (TPSA) is 244 Å². The first kappa shape index (κ1) is 58.1. The van der Waals surface area contributed by atoms with Crippen LogP contribution in [0.5, 0.6) is 17.5 Å². The number of halogens is 2. The van der Waals surface area contributed by atoms with E-state index in [9.17, 15) is 9.59 Å². The fourth-order valence-electron chi connectivity index (χ4n) is 12.1. The third-order valence-electron chi connectivity index (χ3n) is 16.2.